The second-order valence-corrected chi connectivity index (χ2v) is 7.96. The Hall–Kier alpha value is -3.65. The van der Waals surface area contributed by atoms with Crippen molar-refractivity contribution >= 4 is 18.0 Å². The van der Waals surface area contributed by atoms with Gasteiger partial charge in [-0.2, -0.15) is 0 Å². The molecule has 0 heterocycles. The van der Waals surface area contributed by atoms with Crippen molar-refractivity contribution in [1.82, 2.24) is 10.6 Å². The Kier molecular flexibility index (Phi) is 9.22. The first-order valence-corrected chi connectivity index (χ1v) is 11.3. The Morgan fingerprint density at radius 3 is 2.32 bits per heavy atom. The van der Waals surface area contributed by atoms with Gasteiger partial charge in [-0.3, -0.25) is 9.59 Å². The highest BCUT2D eigenvalue weighted by Crippen LogP contribution is 2.44. The van der Waals surface area contributed by atoms with Crippen LogP contribution in [0.1, 0.15) is 36.3 Å². The molecule has 1 aliphatic carbocycles. The minimum absolute atomic E-state index is 0.0433. The number of fused-ring (bicyclic) bond motifs is 3. The molecule has 0 fully saturated rings. The van der Waals surface area contributed by atoms with E-state index < -0.39 is 24.0 Å². The summed E-state index contributed by atoms with van der Waals surface area (Å²) in [4.78, 5) is 36.1. The lowest BCUT2D eigenvalue weighted by molar-refractivity contribution is -0.137. The second kappa shape index (κ2) is 12.6. The van der Waals surface area contributed by atoms with Gasteiger partial charge >= 0.3 is 12.1 Å². The minimum atomic E-state index is -1.05. The topological polar surface area (TPSA) is 114 Å². The fourth-order valence-corrected chi connectivity index (χ4v) is 3.99. The summed E-state index contributed by atoms with van der Waals surface area (Å²) >= 11 is 0. The van der Waals surface area contributed by atoms with Gasteiger partial charge in [0.25, 0.3) is 0 Å². The van der Waals surface area contributed by atoms with Crippen LogP contribution in [0, 0.1) is 0 Å². The number of alkyl carbamates (subject to hydrolysis) is 1. The van der Waals surface area contributed by atoms with Crippen molar-refractivity contribution in [2.24, 2.45) is 0 Å². The smallest absolute Gasteiger partial charge is 0.407 e. The predicted molar refractivity (Wildman–Crippen MR) is 128 cm³/mol. The summed E-state index contributed by atoms with van der Waals surface area (Å²) in [7, 11) is 0. The van der Waals surface area contributed by atoms with E-state index in [1.165, 1.54) is 0 Å². The first kappa shape index (κ1) is 25.0. The number of hydrogen-bond donors (Lipinski definition) is 3. The summed E-state index contributed by atoms with van der Waals surface area (Å²) < 4.78 is 10.8. The molecule has 2 aromatic rings. The summed E-state index contributed by atoms with van der Waals surface area (Å²) in [6.07, 6.45) is 1.15. The maximum Gasteiger partial charge on any atom is 0.407 e. The van der Waals surface area contributed by atoms with Crippen LogP contribution in [0.3, 0.4) is 0 Å². The van der Waals surface area contributed by atoms with Gasteiger partial charge in [-0.15, -0.1) is 6.58 Å². The van der Waals surface area contributed by atoms with Crippen molar-refractivity contribution < 1.29 is 29.0 Å². The highest BCUT2D eigenvalue weighted by atomic mass is 16.5. The lowest BCUT2D eigenvalue weighted by Gasteiger charge is -2.19. The summed E-state index contributed by atoms with van der Waals surface area (Å²) in [5, 5.41) is 14.2. The number of hydrogen-bond acceptors (Lipinski definition) is 5. The molecule has 34 heavy (non-hydrogen) atoms. The molecule has 180 valence electrons. The van der Waals surface area contributed by atoms with E-state index in [4.69, 9.17) is 14.6 Å². The van der Waals surface area contributed by atoms with Gasteiger partial charge in [-0.05, 0) is 35.1 Å². The van der Waals surface area contributed by atoms with Crippen LogP contribution < -0.4 is 10.6 Å². The number of ether oxygens (including phenoxy) is 2. The third-order valence-electron chi connectivity index (χ3n) is 5.60. The zero-order valence-corrected chi connectivity index (χ0v) is 19.0. The molecule has 8 nitrogen and oxygen atoms in total. The molecule has 1 atom stereocenters. The largest absolute Gasteiger partial charge is 0.481 e. The van der Waals surface area contributed by atoms with Gasteiger partial charge in [0, 0.05) is 25.5 Å². The molecule has 1 unspecified atom stereocenters. The normalized spacial score (nSPS) is 12.8. The van der Waals surface area contributed by atoms with Crippen molar-refractivity contribution in [3.63, 3.8) is 0 Å². The van der Waals surface area contributed by atoms with Crippen LogP contribution in [0.15, 0.2) is 61.2 Å². The fraction of sp³-hybridized carbons (Fsp3) is 0.346. The molecule has 2 aromatic carbocycles. The van der Waals surface area contributed by atoms with E-state index in [9.17, 15) is 14.4 Å². The highest BCUT2D eigenvalue weighted by Gasteiger charge is 2.29. The number of amides is 2. The van der Waals surface area contributed by atoms with Crippen molar-refractivity contribution in [3.05, 3.63) is 72.3 Å². The van der Waals surface area contributed by atoms with E-state index in [0.717, 1.165) is 22.3 Å². The second-order valence-electron chi connectivity index (χ2n) is 7.96. The molecule has 0 saturated carbocycles. The molecule has 3 rings (SSSR count). The van der Waals surface area contributed by atoms with Crippen LogP contribution in [0.5, 0.6) is 0 Å². The van der Waals surface area contributed by atoms with E-state index in [0.29, 0.717) is 26.2 Å². The molecule has 0 radical (unpaired) electrons. The molecule has 0 saturated heterocycles. The third kappa shape index (κ3) is 6.68. The lowest BCUT2D eigenvalue weighted by atomic mass is 9.98. The van der Waals surface area contributed by atoms with Gasteiger partial charge in [0.15, 0.2) is 0 Å². The molecule has 3 N–H and O–H groups in total. The number of rotatable bonds is 13. The number of carbonyl (C=O) groups is 3. The van der Waals surface area contributed by atoms with E-state index in [1.54, 1.807) is 6.08 Å². The minimum Gasteiger partial charge on any atom is -0.481 e. The monoisotopic (exact) mass is 466 g/mol. The molecule has 0 spiro atoms. The first-order chi connectivity index (χ1) is 16.5. The van der Waals surface area contributed by atoms with Crippen LogP contribution in [-0.4, -0.2) is 55.5 Å². The van der Waals surface area contributed by atoms with Crippen LogP contribution in [-0.2, 0) is 19.1 Å². The molecule has 0 aromatic heterocycles. The van der Waals surface area contributed by atoms with Gasteiger partial charge in [0.2, 0.25) is 5.91 Å². The number of carbonyl (C=O) groups excluding carboxylic acids is 2. The van der Waals surface area contributed by atoms with Crippen molar-refractivity contribution in [2.75, 3.05) is 26.4 Å². The SMILES string of the molecule is C=CCOCCCNC(=O)C(CCC(=O)O)NC(=O)OCC1c2ccccc2-c2ccccc21. The Morgan fingerprint density at radius 1 is 1.06 bits per heavy atom. The molecule has 2 amide bonds. The maximum absolute atomic E-state index is 12.5. The number of nitrogens with one attached hydrogen (secondary N) is 2. The van der Waals surface area contributed by atoms with Crippen LogP contribution in [0.4, 0.5) is 4.79 Å². The standard InChI is InChI=1S/C26H30N2O6/c1-2-15-33-16-7-14-27-25(31)23(12-13-24(29)30)28-26(32)34-17-22-20-10-5-3-8-18(20)19-9-4-6-11-21(19)22/h2-6,8-11,22-23H,1,7,12-17H2,(H,27,31)(H,28,32)(H,29,30). The van der Waals surface area contributed by atoms with E-state index in [1.807, 2.05) is 48.5 Å². The zero-order chi connectivity index (χ0) is 24.3. The molecular formula is C26H30N2O6. The molecule has 1 aliphatic rings. The van der Waals surface area contributed by atoms with E-state index >= 15 is 0 Å². The van der Waals surface area contributed by atoms with Crippen LogP contribution >= 0.6 is 0 Å². The predicted octanol–water partition coefficient (Wildman–Crippen LogP) is 3.47. The van der Waals surface area contributed by atoms with Crippen LogP contribution in [0.2, 0.25) is 0 Å². The van der Waals surface area contributed by atoms with Gasteiger partial charge in [-0.1, -0.05) is 54.6 Å². The first-order valence-electron chi connectivity index (χ1n) is 11.3. The summed E-state index contributed by atoms with van der Waals surface area (Å²) in [6.45, 7) is 4.88. The highest BCUT2D eigenvalue weighted by molar-refractivity contribution is 5.86. The average Bonchev–Trinajstić information content (AvgIpc) is 3.16. The molecule has 8 heteroatoms. The van der Waals surface area contributed by atoms with Gasteiger partial charge < -0.3 is 25.2 Å². The van der Waals surface area contributed by atoms with E-state index in [2.05, 4.69) is 17.2 Å². The van der Waals surface area contributed by atoms with Crippen LogP contribution in [0.25, 0.3) is 11.1 Å². The Balaban J connectivity index is 1.56. The quantitative estimate of drug-likeness (QED) is 0.308. The lowest BCUT2D eigenvalue weighted by Crippen LogP contribution is -2.47. The number of aliphatic carboxylic acids is 1. The zero-order valence-electron chi connectivity index (χ0n) is 19.0. The Labute approximate surface area is 199 Å². The van der Waals surface area contributed by atoms with Crippen molar-refractivity contribution in [2.45, 2.75) is 31.2 Å². The summed E-state index contributed by atoms with van der Waals surface area (Å²) in [6, 6.07) is 15.0. The van der Waals surface area contributed by atoms with Crippen molar-refractivity contribution in [1.29, 1.82) is 0 Å². The van der Waals surface area contributed by atoms with E-state index in [-0.39, 0.29) is 25.4 Å². The molecular weight excluding hydrogens is 436 g/mol. The van der Waals surface area contributed by atoms with Gasteiger partial charge in [0.05, 0.1) is 6.61 Å². The molecule has 0 aliphatic heterocycles. The number of carboxylic acid groups (broad SMARTS) is 1. The third-order valence-corrected chi connectivity index (χ3v) is 5.60. The number of benzene rings is 2. The van der Waals surface area contributed by atoms with Gasteiger partial charge in [0.1, 0.15) is 12.6 Å². The number of carboxylic acids is 1. The molecule has 0 bridgehead atoms. The Bertz CT molecular complexity index is 976. The average molecular weight is 467 g/mol. The summed E-state index contributed by atoms with van der Waals surface area (Å²) in [5.74, 6) is -1.62. The Morgan fingerprint density at radius 2 is 1.71 bits per heavy atom. The van der Waals surface area contributed by atoms with Crippen molar-refractivity contribution in [3.8, 4) is 11.1 Å². The maximum atomic E-state index is 12.5. The summed E-state index contributed by atoms with van der Waals surface area (Å²) in [5.41, 5.74) is 4.39. The van der Waals surface area contributed by atoms with Gasteiger partial charge in [-0.25, -0.2) is 4.79 Å². The fourth-order valence-electron chi connectivity index (χ4n) is 3.99.